The molecule has 2 N–H and O–H groups in total. The molecule has 1 amide bonds. The van der Waals surface area contributed by atoms with E-state index in [4.69, 9.17) is 4.74 Å². The molecule has 0 aliphatic rings. The van der Waals surface area contributed by atoms with Crippen molar-refractivity contribution in [3.8, 4) is 0 Å². The van der Waals surface area contributed by atoms with Gasteiger partial charge in [0.15, 0.2) is 17.4 Å². The molecule has 1 aromatic heterocycles. The third-order valence-electron chi connectivity index (χ3n) is 4.25. The van der Waals surface area contributed by atoms with Crippen LogP contribution >= 0.6 is 11.3 Å². The first-order valence-corrected chi connectivity index (χ1v) is 11.8. The molecule has 0 unspecified atom stereocenters. The molecule has 0 aliphatic carbocycles. The summed E-state index contributed by atoms with van der Waals surface area (Å²) in [4.78, 5) is 28.5. The van der Waals surface area contributed by atoms with E-state index in [0.717, 1.165) is 9.87 Å². The summed E-state index contributed by atoms with van der Waals surface area (Å²) in [6.07, 6.45) is 0. The van der Waals surface area contributed by atoms with Gasteiger partial charge in [0.1, 0.15) is 0 Å². The van der Waals surface area contributed by atoms with Crippen molar-refractivity contribution in [1.29, 1.82) is 0 Å². The topological polar surface area (TPSA) is 118 Å². The fraction of sp³-hybridized carbons (Fsp3) is 0.190. The Morgan fingerprint density at radius 3 is 2.41 bits per heavy atom. The molecule has 9 nitrogen and oxygen atoms in total. The van der Waals surface area contributed by atoms with Gasteiger partial charge in [-0.2, -0.15) is 0 Å². The second-order valence-corrected chi connectivity index (χ2v) is 9.82. The van der Waals surface area contributed by atoms with Crippen LogP contribution in [0.25, 0.3) is 0 Å². The Kier molecular flexibility index (Phi) is 7.57. The predicted octanol–water partition coefficient (Wildman–Crippen LogP) is 2.80. The Labute approximate surface area is 190 Å². The fourth-order valence-electron chi connectivity index (χ4n) is 2.55. The summed E-state index contributed by atoms with van der Waals surface area (Å²) in [5.41, 5.74) is 1.57. The normalized spacial score (nSPS) is 11.2. The maximum Gasteiger partial charge on any atom is 0.358 e. The Hall–Kier alpha value is -3.28. The number of hydrogen-bond donors (Lipinski definition) is 2. The van der Waals surface area contributed by atoms with E-state index in [1.165, 1.54) is 49.7 Å². The number of rotatable bonds is 9. The van der Waals surface area contributed by atoms with E-state index < -0.39 is 28.5 Å². The van der Waals surface area contributed by atoms with Crippen LogP contribution in [0.15, 0.2) is 64.9 Å². The summed E-state index contributed by atoms with van der Waals surface area (Å²) in [7, 11) is -0.683. The van der Waals surface area contributed by atoms with E-state index in [2.05, 4.69) is 15.6 Å². The molecule has 0 fully saturated rings. The van der Waals surface area contributed by atoms with Gasteiger partial charge in [0, 0.05) is 31.7 Å². The number of hydrogen-bond acceptors (Lipinski definition) is 8. The molecule has 0 radical (unpaired) electrons. The number of amides is 1. The fourth-order valence-corrected chi connectivity index (χ4v) is 4.13. The molecule has 0 spiro atoms. The third-order valence-corrected chi connectivity index (χ3v) is 6.88. The Morgan fingerprint density at radius 1 is 1.06 bits per heavy atom. The highest BCUT2D eigenvalue weighted by Gasteiger charge is 2.17. The van der Waals surface area contributed by atoms with Crippen LogP contribution in [-0.4, -0.2) is 50.3 Å². The first kappa shape index (κ1) is 23.4. The third kappa shape index (κ3) is 6.13. The van der Waals surface area contributed by atoms with Crippen molar-refractivity contribution in [3.63, 3.8) is 0 Å². The summed E-state index contributed by atoms with van der Waals surface area (Å²) in [5, 5.41) is 7.80. The van der Waals surface area contributed by atoms with Crippen LogP contribution in [-0.2, 0) is 26.1 Å². The molecule has 3 aromatic rings. The lowest BCUT2D eigenvalue weighted by atomic mass is 10.2. The molecule has 1 heterocycles. The number of benzene rings is 2. The van der Waals surface area contributed by atoms with Crippen molar-refractivity contribution >= 4 is 44.1 Å². The maximum absolute atomic E-state index is 12.2. The molecule has 11 heteroatoms. The summed E-state index contributed by atoms with van der Waals surface area (Å²) in [6.45, 7) is 0.0702. The lowest BCUT2D eigenvalue weighted by Crippen LogP contribution is -2.22. The molecule has 0 aliphatic heterocycles. The molecule has 0 saturated heterocycles. The van der Waals surface area contributed by atoms with E-state index in [1.807, 2.05) is 30.3 Å². The first-order valence-electron chi connectivity index (χ1n) is 9.48. The number of thiazole rings is 1. The van der Waals surface area contributed by atoms with Gasteiger partial charge in [-0.1, -0.05) is 30.3 Å². The molecular formula is C21H22N4O5S2. The van der Waals surface area contributed by atoms with E-state index in [1.54, 1.807) is 5.38 Å². The maximum atomic E-state index is 12.2. The first-order chi connectivity index (χ1) is 15.3. The largest absolute Gasteiger partial charge is 0.451 e. The van der Waals surface area contributed by atoms with Gasteiger partial charge in [0.05, 0.1) is 4.90 Å². The predicted molar refractivity (Wildman–Crippen MR) is 122 cm³/mol. The summed E-state index contributed by atoms with van der Waals surface area (Å²) >= 11 is 1.26. The van der Waals surface area contributed by atoms with Gasteiger partial charge in [-0.25, -0.2) is 22.5 Å². The van der Waals surface area contributed by atoms with Crippen LogP contribution in [0, 0.1) is 0 Å². The Bertz CT molecular complexity index is 1180. The molecule has 0 atom stereocenters. The lowest BCUT2D eigenvalue weighted by Gasteiger charge is -2.12. The number of carbonyl (C=O) groups excluding carboxylic acids is 2. The van der Waals surface area contributed by atoms with Crippen LogP contribution in [0.1, 0.15) is 16.1 Å². The van der Waals surface area contributed by atoms with Gasteiger partial charge in [-0.3, -0.25) is 4.79 Å². The monoisotopic (exact) mass is 474 g/mol. The molecular weight excluding hydrogens is 452 g/mol. The number of sulfonamides is 1. The summed E-state index contributed by atoms with van der Waals surface area (Å²) in [5.74, 6) is -1.27. The highest BCUT2D eigenvalue weighted by molar-refractivity contribution is 7.89. The second kappa shape index (κ2) is 10.4. The minimum atomic E-state index is -3.55. The van der Waals surface area contributed by atoms with Crippen LogP contribution in [0.2, 0.25) is 0 Å². The second-order valence-electron chi connectivity index (χ2n) is 6.81. The van der Waals surface area contributed by atoms with E-state index in [0.29, 0.717) is 17.4 Å². The quantitative estimate of drug-likeness (QED) is 0.458. The minimum absolute atomic E-state index is 0.104. The number of anilines is 2. The smallest absolute Gasteiger partial charge is 0.358 e. The highest BCUT2D eigenvalue weighted by atomic mass is 32.2. The molecule has 2 aromatic carbocycles. The number of aromatic nitrogens is 1. The van der Waals surface area contributed by atoms with Crippen molar-refractivity contribution in [2.45, 2.75) is 11.4 Å². The Morgan fingerprint density at radius 2 is 1.75 bits per heavy atom. The van der Waals surface area contributed by atoms with Crippen LogP contribution in [0.5, 0.6) is 0 Å². The molecule has 0 saturated carbocycles. The van der Waals surface area contributed by atoms with E-state index >= 15 is 0 Å². The van der Waals surface area contributed by atoms with E-state index in [-0.39, 0.29) is 10.6 Å². The standard InChI is InChI=1S/C21H22N4O5S2/c1-25(2)32(28,29)17-10-8-16(9-11-17)23-19(26)13-30-20(27)18-14-31-21(24-18)22-12-15-6-4-3-5-7-15/h3-11,14H,12-13H2,1-2H3,(H,22,24)(H,23,26). The average molecular weight is 475 g/mol. The zero-order valence-corrected chi connectivity index (χ0v) is 19.1. The average Bonchev–Trinajstić information content (AvgIpc) is 3.26. The Balaban J connectivity index is 1.48. The van der Waals surface area contributed by atoms with Crippen LogP contribution in [0.4, 0.5) is 10.8 Å². The van der Waals surface area contributed by atoms with Crippen molar-refractivity contribution in [2.24, 2.45) is 0 Å². The van der Waals surface area contributed by atoms with Crippen molar-refractivity contribution in [3.05, 3.63) is 71.2 Å². The zero-order chi connectivity index (χ0) is 23.1. The molecule has 32 heavy (non-hydrogen) atoms. The SMILES string of the molecule is CN(C)S(=O)(=O)c1ccc(NC(=O)COC(=O)c2csc(NCc3ccccc3)n2)cc1. The highest BCUT2D eigenvalue weighted by Crippen LogP contribution is 2.18. The summed E-state index contributed by atoms with van der Waals surface area (Å²) < 4.78 is 30.2. The zero-order valence-electron chi connectivity index (χ0n) is 17.4. The van der Waals surface area contributed by atoms with Gasteiger partial charge in [-0.05, 0) is 29.8 Å². The van der Waals surface area contributed by atoms with Gasteiger partial charge in [0.2, 0.25) is 10.0 Å². The van der Waals surface area contributed by atoms with Crippen molar-refractivity contribution in [1.82, 2.24) is 9.29 Å². The number of nitrogens with zero attached hydrogens (tertiary/aromatic N) is 2. The number of nitrogens with one attached hydrogen (secondary N) is 2. The van der Waals surface area contributed by atoms with Crippen molar-refractivity contribution < 1.29 is 22.7 Å². The number of ether oxygens (including phenoxy) is 1. The van der Waals surface area contributed by atoms with Crippen molar-refractivity contribution in [2.75, 3.05) is 31.3 Å². The van der Waals surface area contributed by atoms with Crippen LogP contribution in [0.3, 0.4) is 0 Å². The van der Waals surface area contributed by atoms with Gasteiger partial charge >= 0.3 is 5.97 Å². The molecule has 0 bridgehead atoms. The number of carbonyl (C=O) groups is 2. The van der Waals surface area contributed by atoms with E-state index in [9.17, 15) is 18.0 Å². The lowest BCUT2D eigenvalue weighted by molar-refractivity contribution is -0.119. The molecule has 3 rings (SSSR count). The number of esters is 1. The molecule has 168 valence electrons. The van der Waals surface area contributed by atoms with Gasteiger partial charge < -0.3 is 15.4 Å². The van der Waals surface area contributed by atoms with Crippen LogP contribution < -0.4 is 10.6 Å². The summed E-state index contributed by atoms with van der Waals surface area (Å²) in [6, 6.07) is 15.4. The van der Waals surface area contributed by atoms with Gasteiger partial charge in [-0.15, -0.1) is 11.3 Å². The van der Waals surface area contributed by atoms with Gasteiger partial charge in [0.25, 0.3) is 5.91 Å². The minimum Gasteiger partial charge on any atom is -0.451 e.